The number of rotatable bonds is 3. The molecule has 0 heterocycles. The van der Waals surface area contributed by atoms with Crippen LogP contribution in [-0.4, -0.2) is 13.1 Å². The summed E-state index contributed by atoms with van der Waals surface area (Å²) in [5.74, 6) is 0. The fourth-order valence-electron chi connectivity index (χ4n) is 3.66. The molecule has 2 heteroatoms. The molecular formula is C19H24ClN. The maximum Gasteiger partial charge on any atom is 0.0204 e. The van der Waals surface area contributed by atoms with Gasteiger partial charge in [0.25, 0.3) is 0 Å². The molecule has 1 N–H and O–H groups in total. The van der Waals surface area contributed by atoms with Crippen molar-refractivity contribution in [2.75, 3.05) is 7.05 Å². The van der Waals surface area contributed by atoms with E-state index in [0.29, 0.717) is 6.04 Å². The van der Waals surface area contributed by atoms with Crippen LogP contribution in [0.3, 0.4) is 0 Å². The third-order valence-electron chi connectivity index (χ3n) is 4.90. The lowest BCUT2D eigenvalue weighted by Gasteiger charge is -2.41. The van der Waals surface area contributed by atoms with Gasteiger partial charge in [0.15, 0.2) is 0 Å². The molecule has 0 spiro atoms. The molecular weight excluding hydrogens is 278 g/mol. The second kappa shape index (κ2) is 7.11. The van der Waals surface area contributed by atoms with E-state index in [9.17, 15) is 0 Å². The van der Waals surface area contributed by atoms with Crippen molar-refractivity contribution >= 4 is 12.4 Å². The van der Waals surface area contributed by atoms with Crippen LogP contribution in [0.4, 0.5) is 0 Å². The average molecular weight is 302 g/mol. The zero-order valence-corrected chi connectivity index (χ0v) is 13.4. The highest BCUT2D eigenvalue weighted by Crippen LogP contribution is 2.44. The van der Waals surface area contributed by atoms with E-state index in [2.05, 4.69) is 73.0 Å². The van der Waals surface area contributed by atoms with Crippen molar-refractivity contribution in [2.24, 2.45) is 0 Å². The summed E-state index contributed by atoms with van der Waals surface area (Å²) in [6.45, 7) is 0. The van der Waals surface area contributed by atoms with Crippen molar-refractivity contribution in [2.45, 2.75) is 37.1 Å². The van der Waals surface area contributed by atoms with Crippen LogP contribution in [0.2, 0.25) is 0 Å². The molecule has 21 heavy (non-hydrogen) atoms. The van der Waals surface area contributed by atoms with Crippen LogP contribution in [0, 0.1) is 0 Å². The first-order valence-corrected chi connectivity index (χ1v) is 7.63. The smallest absolute Gasteiger partial charge is 0.0204 e. The predicted octanol–water partition coefficient (Wildman–Crippen LogP) is 4.56. The number of halogens is 1. The molecule has 1 aliphatic rings. The van der Waals surface area contributed by atoms with Crippen molar-refractivity contribution in [3.8, 4) is 0 Å². The summed E-state index contributed by atoms with van der Waals surface area (Å²) in [6.07, 6.45) is 4.96. The second-order valence-corrected chi connectivity index (χ2v) is 5.88. The van der Waals surface area contributed by atoms with E-state index in [-0.39, 0.29) is 17.8 Å². The van der Waals surface area contributed by atoms with Crippen LogP contribution in [0.25, 0.3) is 0 Å². The van der Waals surface area contributed by atoms with E-state index in [4.69, 9.17) is 0 Å². The molecule has 0 aliphatic heterocycles. The van der Waals surface area contributed by atoms with Gasteiger partial charge in [0.1, 0.15) is 0 Å². The van der Waals surface area contributed by atoms with Gasteiger partial charge in [-0.05, 0) is 43.9 Å². The van der Waals surface area contributed by atoms with Crippen LogP contribution in [0.5, 0.6) is 0 Å². The number of benzene rings is 2. The Kier molecular flexibility index (Phi) is 5.44. The fraction of sp³-hybridized carbons (Fsp3) is 0.368. The van der Waals surface area contributed by atoms with Gasteiger partial charge < -0.3 is 5.32 Å². The molecule has 0 aromatic heterocycles. The molecule has 1 fully saturated rings. The molecule has 3 rings (SSSR count). The van der Waals surface area contributed by atoms with Crippen molar-refractivity contribution in [3.05, 3.63) is 71.8 Å². The van der Waals surface area contributed by atoms with Crippen molar-refractivity contribution < 1.29 is 0 Å². The molecule has 0 bridgehead atoms. The number of hydrogen-bond acceptors (Lipinski definition) is 1. The highest BCUT2D eigenvalue weighted by Gasteiger charge is 2.37. The second-order valence-electron chi connectivity index (χ2n) is 5.88. The summed E-state index contributed by atoms with van der Waals surface area (Å²) >= 11 is 0. The van der Waals surface area contributed by atoms with E-state index in [1.54, 1.807) is 0 Å². The maximum absolute atomic E-state index is 3.44. The van der Waals surface area contributed by atoms with Gasteiger partial charge >= 0.3 is 0 Å². The molecule has 2 aromatic rings. The molecule has 0 radical (unpaired) electrons. The van der Waals surface area contributed by atoms with E-state index in [1.807, 2.05) is 0 Å². The Hall–Kier alpha value is -1.31. The highest BCUT2D eigenvalue weighted by molar-refractivity contribution is 5.85. The topological polar surface area (TPSA) is 12.0 Å². The lowest BCUT2D eigenvalue weighted by atomic mass is 9.64. The molecule has 0 amide bonds. The van der Waals surface area contributed by atoms with Crippen LogP contribution in [0.1, 0.15) is 36.8 Å². The quantitative estimate of drug-likeness (QED) is 0.876. The molecule has 0 saturated heterocycles. The highest BCUT2D eigenvalue weighted by atomic mass is 35.5. The van der Waals surface area contributed by atoms with Gasteiger partial charge in [-0.15, -0.1) is 12.4 Å². The van der Waals surface area contributed by atoms with Crippen molar-refractivity contribution in [1.82, 2.24) is 5.32 Å². The Bertz CT molecular complexity index is 489. The molecule has 1 saturated carbocycles. The zero-order chi connectivity index (χ0) is 13.8. The summed E-state index contributed by atoms with van der Waals surface area (Å²) in [6, 6.07) is 22.8. The van der Waals surface area contributed by atoms with E-state index < -0.39 is 0 Å². The van der Waals surface area contributed by atoms with Gasteiger partial charge in [-0.1, -0.05) is 60.7 Å². The van der Waals surface area contributed by atoms with Crippen LogP contribution >= 0.6 is 12.4 Å². The third kappa shape index (κ3) is 3.14. The summed E-state index contributed by atoms with van der Waals surface area (Å²) < 4.78 is 0. The van der Waals surface area contributed by atoms with Gasteiger partial charge in [0.2, 0.25) is 0 Å². The summed E-state index contributed by atoms with van der Waals surface area (Å²) in [5.41, 5.74) is 3.15. The molecule has 1 aliphatic carbocycles. The fourth-order valence-corrected chi connectivity index (χ4v) is 3.66. The van der Waals surface area contributed by atoms with Gasteiger partial charge in [-0.3, -0.25) is 0 Å². The maximum atomic E-state index is 3.44. The Morgan fingerprint density at radius 3 is 1.62 bits per heavy atom. The first kappa shape index (κ1) is 16.1. The number of nitrogens with one attached hydrogen (secondary N) is 1. The molecule has 112 valence electrons. The summed E-state index contributed by atoms with van der Waals surface area (Å²) in [7, 11) is 2.09. The minimum atomic E-state index is 0. The minimum Gasteiger partial charge on any atom is -0.317 e. The Labute approximate surface area is 134 Å². The zero-order valence-electron chi connectivity index (χ0n) is 12.6. The van der Waals surface area contributed by atoms with Crippen LogP contribution in [0.15, 0.2) is 60.7 Å². The van der Waals surface area contributed by atoms with E-state index in [1.165, 1.54) is 36.8 Å². The minimum absolute atomic E-state index is 0. The first-order valence-electron chi connectivity index (χ1n) is 7.63. The largest absolute Gasteiger partial charge is 0.317 e. The van der Waals surface area contributed by atoms with Crippen molar-refractivity contribution in [3.63, 3.8) is 0 Å². The van der Waals surface area contributed by atoms with Crippen LogP contribution in [-0.2, 0) is 5.41 Å². The number of hydrogen-bond donors (Lipinski definition) is 1. The van der Waals surface area contributed by atoms with Gasteiger partial charge in [0, 0.05) is 11.5 Å². The lowest BCUT2D eigenvalue weighted by molar-refractivity contribution is 0.292. The third-order valence-corrected chi connectivity index (χ3v) is 4.90. The first-order chi connectivity index (χ1) is 9.85. The Balaban J connectivity index is 0.00000161. The summed E-state index contributed by atoms with van der Waals surface area (Å²) in [5, 5.41) is 3.44. The lowest BCUT2D eigenvalue weighted by Crippen LogP contribution is -2.39. The van der Waals surface area contributed by atoms with Crippen LogP contribution < -0.4 is 5.32 Å². The van der Waals surface area contributed by atoms with E-state index in [0.717, 1.165) is 0 Å². The Morgan fingerprint density at radius 2 is 1.24 bits per heavy atom. The van der Waals surface area contributed by atoms with Gasteiger partial charge in [0.05, 0.1) is 0 Å². The monoisotopic (exact) mass is 301 g/mol. The SMILES string of the molecule is CNC1CCC(c2ccccc2)(c2ccccc2)CC1.Cl. The Morgan fingerprint density at radius 1 is 0.810 bits per heavy atom. The van der Waals surface area contributed by atoms with Crippen molar-refractivity contribution in [1.29, 1.82) is 0 Å². The van der Waals surface area contributed by atoms with E-state index >= 15 is 0 Å². The molecule has 2 aromatic carbocycles. The molecule has 0 unspecified atom stereocenters. The van der Waals surface area contributed by atoms with Gasteiger partial charge in [-0.25, -0.2) is 0 Å². The predicted molar refractivity (Wildman–Crippen MR) is 92.2 cm³/mol. The normalized spacial score (nSPS) is 18.0. The average Bonchev–Trinajstić information content (AvgIpc) is 2.56. The standard InChI is InChI=1S/C19H23N.ClH/c1-20-18-12-14-19(15-13-18,16-8-4-2-5-9-16)17-10-6-3-7-11-17;/h2-11,18,20H,12-15H2,1H3;1H. The molecule has 0 atom stereocenters. The molecule has 1 nitrogen and oxygen atoms in total. The van der Waals surface area contributed by atoms with Gasteiger partial charge in [-0.2, -0.15) is 0 Å². The summed E-state index contributed by atoms with van der Waals surface area (Å²) in [4.78, 5) is 0.